The van der Waals surface area contributed by atoms with E-state index in [0.29, 0.717) is 26.2 Å². The fourth-order valence-electron chi connectivity index (χ4n) is 2.73. The molecule has 0 radical (unpaired) electrons. The van der Waals surface area contributed by atoms with Gasteiger partial charge in [-0.15, -0.1) is 0 Å². The molecule has 1 fully saturated rings. The zero-order valence-electron chi connectivity index (χ0n) is 13.3. The Morgan fingerprint density at radius 3 is 3.00 bits per heavy atom. The van der Waals surface area contributed by atoms with Crippen LogP contribution < -0.4 is 5.32 Å². The fraction of sp³-hybridized carbons (Fsp3) is 0.333. The second kappa shape index (κ2) is 8.37. The number of amides is 1. The van der Waals surface area contributed by atoms with Crippen molar-refractivity contribution in [2.75, 3.05) is 26.2 Å². The van der Waals surface area contributed by atoms with Gasteiger partial charge in [0, 0.05) is 36.5 Å². The second-order valence-electron chi connectivity index (χ2n) is 5.75. The van der Waals surface area contributed by atoms with Gasteiger partial charge in [-0.2, -0.15) is 0 Å². The summed E-state index contributed by atoms with van der Waals surface area (Å²) in [7, 11) is 0. The smallest absolute Gasteiger partial charge is 0.234 e. The van der Waals surface area contributed by atoms with Crippen LogP contribution in [0.15, 0.2) is 53.3 Å². The maximum absolute atomic E-state index is 12.2. The van der Waals surface area contributed by atoms with Gasteiger partial charge in [-0.3, -0.25) is 14.7 Å². The SMILES string of the molecule is O=C(CN1CCOC(c2ccccc2Br)C1)NCc1cccnc1. The van der Waals surface area contributed by atoms with Gasteiger partial charge >= 0.3 is 0 Å². The van der Waals surface area contributed by atoms with Gasteiger partial charge < -0.3 is 10.1 Å². The van der Waals surface area contributed by atoms with Crippen LogP contribution >= 0.6 is 15.9 Å². The van der Waals surface area contributed by atoms with Gasteiger partial charge in [-0.25, -0.2) is 0 Å². The molecule has 24 heavy (non-hydrogen) atoms. The second-order valence-corrected chi connectivity index (χ2v) is 6.61. The Kier molecular flexibility index (Phi) is 5.96. The van der Waals surface area contributed by atoms with Gasteiger partial charge in [-0.1, -0.05) is 40.2 Å². The summed E-state index contributed by atoms with van der Waals surface area (Å²) >= 11 is 3.57. The molecule has 1 aromatic heterocycles. The van der Waals surface area contributed by atoms with E-state index in [2.05, 4.69) is 37.2 Å². The highest BCUT2D eigenvalue weighted by Crippen LogP contribution is 2.28. The number of rotatable bonds is 5. The molecule has 3 rings (SSSR count). The molecule has 1 atom stereocenters. The van der Waals surface area contributed by atoms with Gasteiger partial charge in [0.1, 0.15) is 0 Å². The van der Waals surface area contributed by atoms with Crippen molar-refractivity contribution in [3.63, 3.8) is 0 Å². The van der Waals surface area contributed by atoms with Crippen LogP contribution in [0.1, 0.15) is 17.2 Å². The lowest BCUT2D eigenvalue weighted by Crippen LogP contribution is -2.44. The zero-order chi connectivity index (χ0) is 16.8. The number of nitrogens with one attached hydrogen (secondary N) is 1. The maximum Gasteiger partial charge on any atom is 0.234 e. The Morgan fingerprint density at radius 2 is 2.21 bits per heavy atom. The van der Waals surface area contributed by atoms with E-state index >= 15 is 0 Å². The molecule has 1 saturated heterocycles. The minimum Gasteiger partial charge on any atom is -0.371 e. The van der Waals surface area contributed by atoms with Crippen LogP contribution in [0.3, 0.4) is 0 Å². The molecular formula is C18H20BrN3O2. The minimum absolute atomic E-state index is 0.0135. The number of benzene rings is 1. The van der Waals surface area contributed by atoms with Crippen molar-refractivity contribution >= 4 is 21.8 Å². The van der Waals surface area contributed by atoms with E-state index < -0.39 is 0 Å². The summed E-state index contributed by atoms with van der Waals surface area (Å²) in [4.78, 5) is 18.3. The molecule has 126 valence electrons. The first-order chi connectivity index (χ1) is 11.7. The summed E-state index contributed by atoms with van der Waals surface area (Å²) in [6, 6.07) is 11.9. The van der Waals surface area contributed by atoms with Crippen LogP contribution in [0.4, 0.5) is 0 Å². The van der Waals surface area contributed by atoms with E-state index in [1.54, 1.807) is 12.4 Å². The summed E-state index contributed by atoms with van der Waals surface area (Å²) < 4.78 is 6.91. The number of halogens is 1. The van der Waals surface area contributed by atoms with Crippen molar-refractivity contribution in [2.24, 2.45) is 0 Å². The number of carbonyl (C=O) groups excluding carboxylic acids is 1. The highest BCUT2D eigenvalue weighted by atomic mass is 79.9. The van der Waals surface area contributed by atoms with Crippen LogP contribution in [-0.4, -0.2) is 42.0 Å². The number of hydrogen-bond acceptors (Lipinski definition) is 4. The molecule has 5 nitrogen and oxygen atoms in total. The van der Waals surface area contributed by atoms with Crippen molar-refractivity contribution in [3.05, 3.63) is 64.4 Å². The number of nitrogens with zero attached hydrogens (tertiary/aromatic N) is 2. The summed E-state index contributed by atoms with van der Waals surface area (Å²) in [6.45, 7) is 2.99. The lowest BCUT2D eigenvalue weighted by atomic mass is 10.1. The van der Waals surface area contributed by atoms with Gasteiger partial charge in [0.15, 0.2) is 0 Å². The highest BCUT2D eigenvalue weighted by Gasteiger charge is 2.24. The van der Waals surface area contributed by atoms with Crippen molar-refractivity contribution < 1.29 is 9.53 Å². The predicted molar refractivity (Wildman–Crippen MR) is 95.4 cm³/mol. The first kappa shape index (κ1) is 17.1. The van der Waals surface area contributed by atoms with E-state index in [-0.39, 0.29) is 12.0 Å². The molecule has 1 aliphatic rings. The Labute approximate surface area is 150 Å². The summed E-state index contributed by atoms with van der Waals surface area (Å²) in [5, 5.41) is 2.94. The molecule has 1 N–H and O–H groups in total. The van der Waals surface area contributed by atoms with Crippen molar-refractivity contribution in [1.82, 2.24) is 15.2 Å². The van der Waals surface area contributed by atoms with Crippen LogP contribution in [0.2, 0.25) is 0 Å². The number of pyridine rings is 1. The molecule has 1 unspecified atom stereocenters. The van der Waals surface area contributed by atoms with Crippen molar-refractivity contribution in [2.45, 2.75) is 12.6 Å². The minimum atomic E-state index is -0.0135. The largest absolute Gasteiger partial charge is 0.371 e. The Balaban J connectivity index is 1.52. The van der Waals surface area contributed by atoms with E-state index in [1.165, 1.54) is 0 Å². The van der Waals surface area contributed by atoms with Gasteiger partial charge in [0.05, 0.1) is 19.3 Å². The molecule has 1 aromatic carbocycles. The molecule has 1 aliphatic heterocycles. The molecule has 0 spiro atoms. The molecule has 1 amide bonds. The highest BCUT2D eigenvalue weighted by molar-refractivity contribution is 9.10. The number of hydrogen-bond donors (Lipinski definition) is 1. The number of ether oxygens (including phenoxy) is 1. The Hall–Kier alpha value is -1.76. The van der Waals surface area contributed by atoms with Crippen molar-refractivity contribution in [3.8, 4) is 0 Å². The third kappa shape index (κ3) is 4.63. The third-order valence-electron chi connectivity index (χ3n) is 3.98. The number of morpholine rings is 1. The van der Waals surface area contributed by atoms with Gasteiger partial charge in [0.25, 0.3) is 0 Å². The summed E-state index contributed by atoms with van der Waals surface area (Å²) in [5.41, 5.74) is 2.12. The number of carbonyl (C=O) groups is 1. The molecule has 2 aromatic rings. The lowest BCUT2D eigenvalue weighted by Gasteiger charge is -2.33. The molecular weight excluding hydrogens is 370 g/mol. The van der Waals surface area contributed by atoms with Gasteiger partial charge in [0.2, 0.25) is 5.91 Å². The monoisotopic (exact) mass is 389 g/mol. The Morgan fingerprint density at radius 1 is 1.33 bits per heavy atom. The van der Waals surface area contributed by atoms with E-state index in [0.717, 1.165) is 22.1 Å². The fourth-order valence-corrected chi connectivity index (χ4v) is 3.27. The van der Waals surface area contributed by atoms with Crippen LogP contribution in [0, 0.1) is 0 Å². The van der Waals surface area contributed by atoms with E-state index in [4.69, 9.17) is 4.74 Å². The van der Waals surface area contributed by atoms with Crippen LogP contribution in [0.25, 0.3) is 0 Å². The molecule has 6 heteroatoms. The quantitative estimate of drug-likeness (QED) is 0.853. The Bertz CT molecular complexity index is 681. The lowest BCUT2D eigenvalue weighted by molar-refractivity contribution is -0.124. The predicted octanol–water partition coefficient (Wildman–Crippen LogP) is 2.53. The zero-order valence-corrected chi connectivity index (χ0v) is 14.9. The average molecular weight is 390 g/mol. The first-order valence-electron chi connectivity index (χ1n) is 7.96. The van der Waals surface area contributed by atoms with Crippen LogP contribution in [0.5, 0.6) is 0 Å². The first-order valence-corrected chi connectivity index (χ1v) is 8.75. The summed E-state index contributed by atoms with van der Waals surface area (Å²) in [6.07, 6.45) is 3.47. The molecule has 2 heterocycles. The van der Waals surface area contributed by atoms with Gasteiger partial charge in [-0.05, 0) is 23.3 Å². The summed E-state index contributed by atoms with van der Waals surface area (Å²) in [5.74, 6) is 0.0200. The van der Waals surface area contributed by atoms with E-state index in [9.17, 15) is 4.79 Å². The molecule has 0 aliphatic carbocycles. The van der Waals surface area contributed by atoms with Crippen LogP contribution in [-0.2, 0) is 16.1 Å². The van der Waals surface area contributed by atoms with E-state index in [1.807, 2.05) is 30.3 Å². The molecule has 0 bridgehead atoms. The average Bonchev–Trinajstić information content (AvgIpc) is 2.61. The normalized spacial score (nSPS) is 18.3. The number of aromatic nitrogens is 1. The molecule has 0 saturated carbocycles. The maximum atomic E-state index is 12.2. The third-order valence-corrected chi connectivity index (χ3v) is 4.70. The van der Waals surface area contributed by atoms with Crippen molar-refractivity contribution in [1.29, 1.82) is 0 Å². The standard InChI is InChI=1S/C18H20BrN3O2/c19-16-6-2-1-5-15(16)17-12-22(8-9-24-17)13-18(23)21-11-14-4-3-7-20-10-14/h1-7,10,17H,8-9,11-13H2,(H,21,23). The topological polar surface area (TPSA) is 54.5 Å².